The van der Waals surface area contributed by atoms with Crippen LogP contribution in [0.4, 0.5) is 13.2 Å². The smallest absolute Gasteiger partial charge is 0.354 e. The Morgan fingerprint density at radius 1 is 1.12 bits per heavy atom. The molecule has 0 unspecified atom stereocenters. The highest BCUT2D eigenvalue weighted by Gasteiger charge is 2.38. The van der Waals surface area contributed by atoms with Crippen molar-refractivity contribution in [2.24, 2.45) is 5.92 Å². The van der Waals surface area contributed by atoms with Crippen molar-refractivity contribution in [3.05, 3.63) is 0 Å². The van der Waals surface area contributed by atoms with Gasteiger partial charge in [-0.3, -0.25) is 9.59 Å². The van der Waals surface area contributed by atoms with Gasteiger partial charge < -0.3 is 10.6 Å². The summed E-state index contributed by atoms with van der Waals surface area (Å²) < 4.78 is 35.1. The van der Waals surface area contributed by atoms with Crippen molar-refractivity contribution in [2.45, 2.75) is 26.4 Å². The summed E-state index contributed by atoms with van der Waals surface area (Å²) in [7, 11) is 0. The number of hydrogen-bond donors (Lipinski definition) is 2. The van der Waals surface area contributed by atoms with Crippen LogP contribution in [0.1, 0.15) is 20.3 Å². The molecular weight excluding hydrogens is 225 g/mol. The van der Waals surface area contributed by atoms with Crippen LogP contribution in [0.3, 0.4) is 0 Å². The van der Waals surface area contributed by atoms with E-state index in [1.54, 1.807) is 5.32 Å². The molecule has 0 bridgehead atoms. The first kappa shape index (κ1) is 14.7. The number of carbonyl (C=O) groups is 2. The molecule has 94 valence electrons. The fourth-order valence-electron chi connectivity index (χ4n) is 0.921. The predicted molar refractivity (Wildman–Crippen MR) is 51.5 cm³/mol. The molecular formula is C9H15F3N2O2. The van der Waals surface area contributed by atoms with Gasteiger partial charge >= 0.3 is 12.1 Å². The quantitative estimate of drug-likeness (QED) is 0.699. The lowest BCUT2D eigenvalue weighted by atomic mass is 10.1. The molecule has 0 fully saturated rings. The van der Waals surface area contributed by atoms with E-state index in [1.165, 1.54) is 0 Å². The van der Waals surface area contributed by atoms with E-state index in [-0.39, 0.29) is 24.9 Å². The van der Waals surface area contributed by atoms with Crippen LogP contribution < -0.4 is 10.6 Å². The molecule has 7 heteroatoms. The van der Waals surface area contributed by atoms with Gasteiger partial charge in [0.1, 0.15) is 0 Å². The fourth-order valence-corrected chi connectivity index (χ4v) is 0.921. The molecule has 4 nitrogen and oxygen atoms in total. The van der Waals surface area contributed by atoms with Gasteiger partial charge in [0.2, 0.25) is 5.91 Å². The summed E-state index contributed by atoms with van der Waals surface area (Å²) in [5, 5.41) is 4.05. The average Bonchev–Trinajstić information content (AvgIpc) is 2.09. The molecule has 0 aliphatic carbocycles. The molecule has 0 aromatic carbocycles. The maximum Gasteiger partial charge on any atom is 0.471 e. The Morgan fingerprint density at radius 3 is 2.06 bits per heavy atom. The zero-order valence-electron chi connectivity index (χ0n) is 9.15. The van der Waals surface area contributed by atoms with Crippen molar-refractivity contribution < 1.29 is 22.8 Å². The van der Waals surface area contributed by atoms with Crippen molar-refractivity contribution in [1.82, 2.24) is 10.6 Å². The molecule has 0 spiro atoms. The first-order valence-corrected chi connectivity index (χ1v) is 4.85. The highest BCUT2D eigenvalue weighted by Crippen LogP contribution is 2.13. The van der Waals surface area contributed by atoms with Crippen LogP contribution in [0.5, 0.6) is 0 Å². The summed E-state index contributed by atoms with van der Waals surface area (Å²) in [4.78, 5) is 21.4. The highest BCUT2D eigenvalue weighted by molar-refractivity contribution is 5.81. The van der Waals surface area contributed by atoms with E-state index in [0.29, 0.717) is 6.42 Å². The van der Waals surface area contributed by atoms with Crippen molar-refractivity contribution >= 4 is 11.8 Å². The van der Waals surface area contributed by atoms with Crippen LogP contribution in [0.25, 0.3) is 0 Å². The minimum Gasteiger partial charge on any atom is -0.354 e. The Bertz CT molecular complexity index is 252. The predicted octanol–water partition coefficient (Wildman–Crippen LogP) is 0.827. The summed E-state index contributed by atoms with van der Waals surface area (Å²) >= 11 is 0. The van der Waals surface area contributed by atoms with E-state index >= 15 is 0 Å². The van der Waals surface area contributed by atoms with Crippen LogP contribution in [0.2, 0.25) is 0 Å². The van der Waals surface area contributed by atoms with Crippen molar-refractivity contribution in [3.8, 4) is 0 Å². The van der Waals surface area contributed by atoms with Gasteiger partial charge in [0, 0.05) is 19.5 Å². The average molecular weight is 240 g/mol. The largest absolute Gasteiger partial charge is 0.471 e. The lowest BCUT2D eigenvalue weighted by molar-refractivity contribution is -0.173. The van der Waals surface area contributed by atoms with Crippen molar-refractivity contribution in [2.75, 3.05) is 13.1 Å². The number of carbonyl (C=O) groups excluding carboxylic acids is 2. The molecule has 2 amide bonds. The second-order valence-corrected chi connectivity index (χ2v) is 3.70. The first-order valence-electron chi connectivity index (χ1n) is 4.85. The maximum absolute atomic E-state index is 11.7. The van der Waals surface area contributed by atoms with E-state index < -0.39 is 12.1 Å². The topological polar surface area (TPSA) is 58.2 Å². The van der Waals surface area contributed by atoms with Crippen molar-refractivity contribution in [1.29, 1.82) is 0 Å². The van der Waals surface area contributed by atoms with Crippen LogP contribution in [0, 0.1) is 5.92 Å². The molecule has 0 atom stereocenters. The standard InChI is InChI=1S/C9H15F3N2O2/c1-6(2)5-7(15)13-3-4-14-8(16)9(10,11)12/h6H,3-5H2,1-2H3,(H,13,15)(H,14,16). The van der Waals surface area contributed by atoms with Gasteiger partial charge in [-0.05, 0) is 5.92 Å². The summed E-state index contributed by atoms with van der Waals surface area (Å²) in [6, 6.07) is 0. The molecule has 0 aliphatic rings. The monoisotopic (exact) mass is 240 g/mol. The Kier molecular flexibility index (Phi) is 5.84. The summed E-state index contributed by atoms with van der Waals surface area (Å²) in [5.41, 5.74) is 0. The molecule has 0 radical (unpaired) electrons. The molecule has 2 N–H and O–H groups in total. The fraction of sp³-hybridized carbons (Fsp3) is 0.778. The molecule has 0 aliphatic heterocycles. The van der Waals surface area contributed by atoms with Gasteiger partial charge in [-0.2, -0.15) is 13.2 Å². The van der Waals surface area contributed by atoms with Crippen LogP contribution in [-0.4, -0.2) is 31.1 Å². The molecule has 16 heavy (non-hydrogen) atoms. The minimum atomic E-state index is -4.87. The van der Waals surface area contributed by atoms with Crippen LogP contribution in [0.15, 0.2) is 0 Å². The first-order chi connectivity index (χ1) is 7.23. The van der Waals surface area contributed by atoms with Crippen LogP contribution >= 0.6 is 0 Å². The lowest BCUT2D eigenvalue weighted by Gasteiger charge is -2.09. The van der Waals surface area contributed by atoms with Gasteiger partial charge in [-0.1, -0.05) is 13.8 Å². The van der Waals surface area contributed by atoms with Gasteiger partial charge in [0.05, 0.1) is 0 Å². The minimum absolute atomic E-state index is 0.00657. The summed E-state index contributed by atoms with van der Waals surface area (Å²) in [6.07, 6.45) is -4.56. The number of hydrogen-bond acceptors (Lipinski definition) is 2. The van der Waals surface area contributed by atoms with Crippen LogP contribution in [-0.2, 0) is 9.59 Å². The third-order valence-corrected chi connectivity index (χ3v) is 1.58. The zero-order chi connectivity index (χ0) is 12.8. The Morgan fingerprint density at radius 2 is 1.62 bits per heavy atom. The van der Waals surface area contributed by atoms with E-state index in [0.717, 1.165) is 0 Å². The van der Waals surface area contributed by atoms with Gasteiger partial charge in [0.15, 0.2) is 0 Å². The lowest BCUT2D eigenvalue weighted by Crippen LogP contribution is -2.41. The summed E-state index contributed by atoms with van der Waals surface area (Å²) in [5.74, 6) is -2.05. The molecule has 0 saturated heterocycles. The Balaban J connectivity index is 3.62. The van der Waals surface area contributed by atoms with E-state index in [9.17, 15) is 22.8 Å². The number of nitrogens with one attached hydrogen (secondary N) is 2. The van der Waals surface area contributed by atoms with E-state index in [2.05, 4.69) is 5.32 Å². The molecule has 0 heterocycles. The highest BCUT2D eigenvalue weighted by atomic mass is 19.4. The van der Waals surface area contributed by atoms with Crippen molar-refractivity contribution in [3.63, 3.8) is 0 Å². The third-order valence-electron chi connectivity index (χ3n) is 1.58. The molecule has 0 saturated carbocycles. The second-order valence-electron chi connectivity index (χ2n) is 3.70. The third kappa shape index (κ3) is 7.08. The van der Waals surface area contributed by atoms with E-state index in [1.807, 2.05) is 13.8 Å². The Hall–Kier alpha value is -1.27. The van der Waals surface area contributed by atoms with Gasteiger partial charge in [-0.25, -0.2) is 0 Å². The number of amides is 2. The molecule has 0 aromatic heterocycles. The van der Waals surface area contributed by atoms with E-state index in [4.69, 9.17) is 0 Å². The zero-order valence-corrected chi connectivity index (χ0v) is 9.15. The number of rotatable bonds is 5. The summed E-state index contributed by atoms with van der Waals surface area (Å²) in [6.45, 7) is 3.46. The van der Waals surface area contributed by atoms with Gasteiger partial charge in [-0.15, -0.1) is 0 Å². The second kappa shape index (κ2) is 6.34. The SMILES string of the molecule is CC(C)CC(=O)NCCNC(=O)C(F)(F)F. The Labute approximate surface area is 91.6 Å². The maximum atomic E-state index is 11.7. The number of alkyl halides is 3. The normalized spacial score (nSPS) is 11.4. The molecule has 0 rings (SSSR count). The number of halogens is 3. The van der Waals surface area contributed by atoms with Gasteiger partial charge in [0.25, 0.3) is 0 Å². The molecule has 0 aromatic rings.